The van der Waals surface area contributed by atoms with Crippen LogP contribution < -0.4 is 5.32 Å². The molecule has 1 aliphatic carbocycles. The summed E-state index contributed by atoms with van der Waals surface area (Å²) in [5.74, 6) is -0.898. The van der Waals surface area contributed by atoms with Gasteiger partial charge in [0.25, 0.3) is 0 Å². The predicted molar refractivity (Wildman–Crippen MR) is 75.7 cm³/mol. The van der Waals surface area contributed by atoms with Crippen LogP contribution in [0.15, 0.2) is 0 Å². The SMILES string of the molecule is CN(CCC(=O)O)C(=O)NCCCOC1CCCCC1. The highest BCUT2D eigenvalue weighted by Gasteiger charge is 2.13. The molecule has 2 N–H and O–H groups in total. The minimum absolute atomic E-state index is 0.0330. The number of nitrogens with zero attached hydrogens (tertiary/aromatic N) is 1. The number of ether oxygens (including phenoxy) is 1. The van der Waals surface area contributed by atoms with E-state index in [4.69, 9.17) is 9.84 Å². The van der Waals surface area contributed by atoms with Crippen LogP contribution in [-0.4, -0.2) is 54.9 Å². The number of carbonyl (C=O) groups excluding carboxylic acids is 1. The van der Waals surface area contributed by atoms with Crippen LogP contribution in [0.4, 0.5) is 4.79 Å². The van der Waals surface area contributed by atoms with Crippen LogP contribution in [0.5, 0.6) is 0 Å². The standard InChI is InChI=1S/C14H26N2O4/c1-16(10-8-13(17)18)14(19)15-9-5-11-20-12-6-3-2-4-7-12/h12H,2-11H2,1H3,(H,15,19)(H,17,18). The third-order valence-corrected chi connectivity index (χ3v) is 3.51. The van der Waals surface area contributed by atoms with Gasteiger partial charge in [0.05, 0.1) is 12.5 Å². The molecule has 20 heavy (non-hydrogen) atoms. The van der Waals surface area contributed by atoms with E-state index in [1.54, 1.807) is 7.05 Å². The molecule has 0 spiro atoms. The third-order valence-electron chi connectivity index (χ3n) is 3.51. The number of hydrogen-bond donors (Lipinski definition) is 2. The minimum atomic E-state index is -0.898. The van der Waals surface area contributed by atoms with Gasteiger partial charge in [-0.1, -0.05) is 19.3 Å². The highest BCUT2D eigenvalue weighted by Crippen LogP contribution is 2.20. The summed E-state index contributed by atoms with van der Waals surface area (Å²) in [4.78, 5) is 23.4. The molecule has 2 amide bonds. The summed E-state index contributed by atoms with van der Waals surface area (Å²) >= 11 is 0. The van der Waals surface area contributed by atoms with Crippen molar-refractivity contribution in [3.63, 3.8) is 0 Å². The number of urea groups is 1. The Morgan fingerprint density at radius 1 is 1.30 bits per heavy atom. The summed E-state index contributed by atoms with van der Waals surface area (Å²) in [6.07, 6.45) is 7.31. The van der Waals surface area contributed by atoms with Crippen molar-refractivity contribution in [1.82, 2.24) is 10.2 Å². The molecule has 1 fully saturated rings. The quantitative estimate of drug-likeness (QED) is 0.667. The zero-order valence-corrected chi connectivity index (χ0v) is 12.3. The molecule has 116 valence electrons. The normalized spacial score (nSPS) is 15.8. The van der Waals surface area contributed by atoms with Gasteiger partial charge in [-0.3, -0.25) is 4.79 Å². The van der Waals surface area contributed by atoms with Gasteiger partial charge in [-0.2, -0.15) is 0 Å². The van der Waals surface area contributed by atoms with Crippen molar-refractivity contribution in [2.75, 3.05) is 26.7 Å². The van der Waals surface area contributed by atoms with Crippen LogP contribution >= 0.6 is 0 Å². The second-order valence-electron chi connectivity index (χ2n) is 5.28. The van der Waals surface area contributed by atoms with Crippen molar-refractivity contribution in [2.24, 2.45) is 0 Å². The molecule has 0 aromatic rings. The first-order chi connectivity index (χ1) is 9.59. The Labute approximate surface area is 120 Å². The molecule has 0 aliphatic heterocycles. The lowest BCUT2D eigenvalue weighted by molar-refractivity contribution is -0.137. The Bertz CT molecular complexity index is 304. The molecule has 0 aromatic heterocycles. The molecular formula is C14H26N2O4. The number of carboxylic acids is 1. The zero-order chi connectivity index (χ0) is 14.8. The maximum atomic E-state index is 11.6. The van der Waals surface area contributed by atoms with Gasteiger partial charge in [0.15, 0.2) is 0 Å². The second-order valence-corrected chi connectivity index (χ2v) is 5.28. The topological polar surface area (TPSA) is 78.9 Å². The average molecular weight is 286 g/mol. The minimum Gasteiger partial charge on any atom is -0.481 e. The largest absolute Gasteiger partial charge is 0.481 e. The lowest BCUT2D eigenvalue weighted by atomic mass is 9.98. The van der Waals surface area contributed by atoms with Gasteiger partial charge in [-0.05, 0) is 19.3 Å². The highest BCUT2D eigenvalue weighted by molar-refractivity contribution is 5.74. The fraction of sp³-hybridized carbons (Fsp3) is 0.857. The second kappa shape index (κ2) is 9.58. The number of hydrogen-bond acceptors (Lipinski definition) is 3. The van der Waals surface area contributed by atoms with Gasteiger partial charge in [-0.25, -0.2) is 4.79 Å². The molecule has 0 heterocycles. The van der Waals surface area contributed by atoms with Crippen LogP contribution in [0, 0.1) is 0 Å². The van der Waals surface area contributed by atoms with Crippen LogP contribution in [0.2, 0.25) is 0 Å². The first-order valence-electron chi connectivity index (χ1n) is 7.42. The van der Waals surface area contributed by atoms with E-state index in [1.165, 1.54) is 24.2 Å². The van der Waals surface area contributed by atoms with Crippen LogP contribution in [-0.2, 0) is 9.53 Å². The molecule has 1 saturated carbocycles. The van der Waals surface area contributed by atoms with Gasteiger partial charge in [0, 0.05) is 26.7 Å². The number of nitrogens with one attached hydrogen (secondary N) is 1. The predicted octanol–water partition coefficient (Wildman–Crippen LogP) is 1.84. The summed E-state index contributed by atoms with van der Waals surface area (Å²) in [5, 5.41) is 11.3. The van der Waals surface area contributed by atoms with Crippen molar-refractivity contribution in [2.45, 2.75) is 51.0 Å². The number of amides is 2. The molecule has 0 atom stereocenters. The van der Waals surface area contributed by atoms with E-state index < -0.39 is 5.97 Å². The molecule has 0 aromatic carbocycles. The summed E-state index contributed by atoms with van der Waals surface area (Å²) in [7, 11) is 1.59. The van der Waals surface area contributed by atoms with Gasteiger partial charge < -0.3 is 20.1 Å². The van der Waals surface area contributed by atoms with E-state index in [2.05, 4.69) is 5.32 Å². The highest BCUT2D eigenvalue weighted by atomic mass is 16.5. The Morgan fingerprint density at radius 3 is 2.65 bits per heavy atom. The Morgan fingerprint density at radius 2 is 2.00 bits per heavy atom. The lowest BCUT2D eigenvalue weighted by Crippen LogP contribution is -2.39. The van der Waals surface area contributed by atoms with E-state index in [1.807, 2.05) is 0 Å². The molecule has 0 bridgehead atoms. The fourth-order valence-corrected chi connectivity index (χ4v) is 2.25. The van der Waals surface area contributed by atoms with E-state index in [0.717, 1.165) is 19.3 Å². The Balaban J connectivity index is 1.99. The van der Waals surface area contributed by atoms with Gasteiger partial charge >= 0.3 is 12.0 Å². The fourth-order valence-electron chi connectivity index (χ4n) is 2.25. The van der Waals surface area contributed by atoms with E-state index in [9.17, 15) is 9.59 Å². The van der Waals surface area contributed by atoms with E-state index in [-0.39, 0.29) is 19.0 Å². The molecule has 6 heteroatoms. The first-order valence-corrected chi connectivity index (χ1v) is 7.42. The number of carboxylic acid groups (broad SMARTS) is 1. The van der Waals surface area contributed by atoms with Crippen molar-refractivity contribution in [1.29, 1.82) is 0 Å². The summed E-state index contributed by atoms with van der Waals surface area (Å²) in [6.45, 7) is 1.45. The van der Waals surface area contributed by atoms with E-state index in [0.29, 0.717) is 19.3 Å². The maximum absolute atomic E-state index is 11.6. The summed E-state index contributed by atoms with van der Waals surface area (Å²) in [6, 6.07) is -0.232. The Hall–Kier alpha value is -1.30. The molecule has 0 unspecified atom stereocenters. The van der Waals surface area contributed by atoms with Crippen molar-refractivity contribution >= 4 is 12.0 Å². The van der Waals surface area contributed by atoms with Crippen LogP contribution in [0.25, 0.3) is 0 Å². The number of carbonyl (C=O) groups is 2. The van der Waals surface area contributed by atoms with Crippen LogP contribution in [0.3, 0.4) is 0 Å². The van der Waals surface area contributed by atoms with Crippen molar-refractivity contribution in [3.8, 4) is 0 Å². The molecule has 0 saturated heterocycles. The monoisotopic (exact) mass is 286 g/mol. The summed E-state index contributed by atoms with van der Waals surface area (Å²) < 4.78 is 5.76. The molecule has 6 nitrogen and oxygen atoms in total. The molecular weight excluding hydrogens is 260 g/mol. The van der Waals surface area contributed by atoms with Gasteiger partial charge in [0.2, 0.25) is 0 Å². The van der Waals surface area contributed by atoms with Crippen LogP contribution in [0.1, 0.15) is 44.9 Å². The summed E-state index contributed by atoms with van der Waals surface area (Å²) in [5.41, 5.74) is 0. The third kappa shape index (κ3) is 7.33. The smallest absolute Gasteiger partial charge is 0.317 e. The molecule has 0 radical (unpaired) electrons. The lowest BCUT2D eigenvalue weighted by Gasteiger charge is -2.22. The van der Waals surface area contributed by atoms with E-state index >= 15 is 0 Å². The average Bonchev–Trinajstić information content (AvgIpc) is 2.45. The first kappa shape index (κ1) is 16.8. The van der Waals surface area contributed by atoms with Crippen molar-refractivity contribution in [3.05, 3.63) is 0 Å². The van der Waals surface area contributed by atoms with Gasteiger partial charge in [0.1, 0.15) is 0 Å². The molecule has 1 aliphatic rings. The molecule has 1 rings (SSSR count). The number of rotatable bonds is 8. The maximum Gasteiger partial charge on any atom is 0.317 e. The van der Waals surface area contributed by atoms with Gasteiger partial charge in [-0.15, -0.1) is 0 Å². The Kier molecular flexibility index (Phi) is 8.02. The number of aliphatic carboxylic acids is 1. The zero-order valence-electron chi connectivity index (χ0n) is 12.3. The van der Waals surface area contributed by atoms with Crippen molar-refractivity contribution < 1.29 is 19.4 Å².